The predicted molar refractivity (Wildman–Crippen MR) is 58.2 cm³/mol. The van der Waals surface area contributed by atoms with Crippen molar-refractivity contribution < 1.29 is 4.74 Å². The van der Waals surface area contributed by atoms with Crippen LogP contribution in [0.25, 0.3) is 0 Å². The maximum absolute atomic E-state index is 5.30. The molecule has 0 bridgehead atoms. The van der Waals surface area contributed by atoms with E-state index in [4.69, 9.17) is 4.74 Å². The Morgan fingerprint density at radius 3 is 2.08 bits per heavy atom. The van der Waals surface area contributed by atoms with E-state index in [0.717, 1.165) is 12.1 Å². The molecular weight excluding hydrogens is 162 g/mol. The Bertz CT molecular complexity index is 212. The van der Waals surface area contributed by atoms with Gasteiger partial charge in [0.2, 0.25) is 0 Å². The fraction of sp³-hybridized carbons (Fsp3) is 0.727. The molecule has 13 heavy (non-hydrogen) atoms. The summed E-state index contributed by atoms with van der Waals surface area (Å²) in [4.78, 5) is 4.47. The molecule has 0 rings (SSSR count). The van der Waals surface area contributed by atoms with Crippen LogP contribution in [0, 0.1) is 0 Å². The molecular formula is C11H21NO. The average molecular weight is 183 g/mol. The third-order valence-electron chi connectivity index (χ3n) is 2.23. The van der Waals surface area contributed by atoms with Gasteiger partial charge in [-0.1, -0.05) is 12.5 Å². The van der Waals surface area contributed by atoms with E-state index < -0.39 is 0 Å². The van der Waals surface area contributed by atoms with E-state index in [9.17, 15) is 0 Å². The third-order valence-corrected chi connectivity index (χ3v) is 2.23. The lowest BCUT2D eigenvalue weighted by Crippen LogP contribution is -2.12. The first-order valence-electron chi connectivity index (χ1n) is 4.73. The van der Waals surface area contributed by atoms with Crippen molar-refractivity contribution in [1.29, 1.82) is 0 Å². The molecule has 0 radical (unpaired) electrons. The van der Waals surface area contributed by atoms with E-state index >= 15 is 0 Å². The van der Waals surface area contributed by atoms with Gasteiger partial charge in [0, 0.05) is 12.8 Å². The van der Waals surface area contributed by atoms with Crippen molar-refractivity contribution in [2.75, 3.05) is 7.11 Å². The first-order chi connectivity index (χ1) is 6.02. The fourth-order valence-electron chi connectivity index (χ4n) is 0.865. The summed E-state index contributed by atoms with van der Waals surface area (Å²) >= 11 is 0. The molecule has 0 N–H and O–H groups in total. The van der Waals surface area contributed by atoms with Gasteiger partial charge in [0.25, 0.3) is 0 Å². The zero-order valence-corrected chi connectivity index (χ0v) is 9.64. The molecule has 0 fully saturated rings. The smallest absolute Gasteiger partial charge is 0.169 e. The molecule has 0 heterocycles. The molecule has 1 atom stereocenters. The van der Waals surface area contributed by atoms with Crippen LogP contribution in [0.4, 0.5) is 0 Å². The van der Waals surface area contributed by atoms with Crippen LogP contribution in [0.15, 0.2) is 16.1 Å². The van der Waals surface area contributed by atoms with E-state index in [-0.39, 0.29) is 6.23 Å². The SMILES string of the molecule is CCC(C)=N[C@H](OC)C(C)=C(C)C. The monoisotopic (exact) mass is 183 g/mol. The van der Waals surface area contributed by atoms with Gasteiger partial charge in [-0.25, -0.2) is 0 Å². The molecule has 0 aromatic carbocycles. The zero-order chi connectivity index (χ0) is 10.4. The Labute approximate surface area is 81.7 Å². The Balaban J connectivity index is 4.63. The molecule has 0 amide bonds. The van der Waals surface area contributed by atoms with Crippen molar-refractivity contribution in [3.63, 3.8) is 0 Å². The number of ether oxygens (including phenoxy) is 1. The highest BCUT2D eigenvalue weighted by Crippen LogP contribution is 2.12. The van der Waals surface area contributed by atoms with Gasteiger partial charge in [0.1, 0.15) is 0 Å². The summed E-state index contributed by atoms with van der Waals surface area (Å²) in [6.45, 7) is 10.4. The van der Waals surface area contributed by atoms with Gasteiger partial charge in [-0.3, -0.25) is 4.99 Å². The Hall–Kier alpha value is -0.630. The van der Waals surface area contributed by atoms with E-state index in [1.807, 2.05) is 6.92 Å². The summed E-state index contributed by atoms with van der Waals surface area (Å²) in [5.41, 5.74) is 3.61. The molecule has 0 saturated heterocycles. The molecule has 0 aromatic rings. The fourth-order valence-corrected chi connectivity index (χ4v) is 0.865. The topological polar surface area (TPSA) is 21.6 Å². The lowest BCUT2D eigenvalue weighted by Gasteiger charge is -2.14. The van der Waals surface area contributed by atoms with Crippen LogP contribution in [0.1, 0.15) is 41.0 Å². The summed E-state index contributed by atoms with van der Waals surface area (Å²) < 4.78 is 5.30. The summed E-state index contributed by atoms with van der Waals surface area (Å²) in [6.07, 6.45) is 0.889. The second-order valence-corrected chi connectivity index (χ2v) is 3.49. The van der Waals surface area contributed by atoms with Gasteiger partial charge in [-0.2, -0.15) is 0 Å². The lowest BCUT2D eigenvalue weighted by molar-refractivity contribution is 0.138. The van der Waals surface area contributed by atoms with Crippen LogP contribution in [0.5, 0.6) is 0 Å². The van der Waals surface area contributed by atoms with E-state index in [1.165, 1.54) is 11.1 Å². The lowest BCUT2D eigenvalue weighted by atomic mass is 10.1. The van der Waals surface area contributed by atoms with Gasteiger partial charge in [0.05, 0.1) is 0 Å². The highest BCUT2D eigenvalue weighted by atomic mass is 16.5. The van der Waals surface area contributed by atoms with Gasteiger partial charge < -0.3 is 4.74 Å². The minimum Gasteiger partial charge on any atom is -0.356 e. The van der Waals surface area contributed by atoms with Crippen molar-refractivity contribution in [2.24, 2.45) is 4.99 Å². The molecule has 2 heteroatoms. The summed E-state index contributed by atoms with van der Waals surface area (Å²) in [5, 5.41) is 0. The van der Waals surface area contributed by atoms with E-state index in [0.29, 0.717) is 0 Å². The summed E-state index contributed by atoms with van der Waals surface area (Å²) in [5.74, 6) is 0. The largest absolute Gasteiger partial charge is 0.356 e. The molecule has 0 aliphatic rings. The first kappa shape index (κ1) is 12.4. The Morgan fingerprint density at radius 1 is 1.23 bits per heavy atom. The Morgan fingerprint density at radius 2 is 1.77 bits per heavy atom. The van der Waals surface area contributed by atoms with Crippen molar-refractivity contribution in [3.05, 3.63) is 11.1 Å². The molecule has 76 valence electrons. The number of hydrogen-bond acceptors (Lipinski definition) is 2. The van der Waals surface area contributed by atoms with Crippen molar-refractivity contribution in [3.8, 4) is 0 Å². The first-order valence-corrected chi connectivity index (χ1v) is 4.73. The summed E-state index contributed by atoms with van der Waals surface area (Å²) in [6, 6.07) is 0. The van der Waals surface area contributed by atoms with Gasteiger partial charge >= 0.3 is 0 Å². The van der Waals surface area contributed by atoms with Crippen LogP contribution in [0.2, 0.25) is 0 Å². The second-order valence-electron chi connectivity index (χ2n) is 3.49. The number of allylic oxidation sites excluding steroid dienone is 1. The van der Waals surface area contributed by atoms with Gasteiger partial charge in [0.15, 0.2) is 6.23 Å². The maximum atomic E-state index is 5.30. The minimum atomic E-state index is -0.0926. The molecule has 0 aliphatic heterocycles. The van der Waals surface area contributed by atoms with Crippen LogP contribution in [0.3, 0.4) is 0 Å². The highest BCUT2D eigenvalue weighted by Gasteiger charge is 2.08. The molecule has 0 aliphatic carbocycles. The number of nitrogens with zero attached hydrogens (tertiary/aromatic N) is 1. The van der Waals surface area contributed by atoms with Crippen LogP contribution in [-0.2, 0) is 4.74 Å². The van der Waals surface area contributed by atoms with E-state index in [1.54, 1.807) is 7.11 Å². The van der Waals surface area contributed by atoms with Crippen LogP contribution in [-0.4, -0.2) is 19.0 Å². The van der Waals surface area contributed by atoms with Gasteiger partial charge in [-0.05, 0) is 39.7 Å². The number of rotatable bonds is 4. The number of hydrogen-bond donors (Lipinski definition) is 0. The van der Waals surface area contributed by atoms with Crippen molar-refractivity contribution in [1.82, 2.24) is 0 Å². The maximum Gasteiger partial charge on any atom is 0.169 e. The molecule has 0 saturated carbocycles. The van der Waals surface area contributed by atoms with Gasteiger partial charge in [-0.15, -0.1) is 0 Å². The predicted octanol–water partition coefficient (Wildman–Crippen LogP) is 3.19. The third kappa shape index (κ3) is 4.23. The standard InChI is InChI=1S/C11H21NO/c1-7-9(4)12-11(13-6)10(5)8(2)3/h11H,7H2,1-6H3/t11-/m1/s1. The summed E-state index contributed by atoms with van der Waals surface area (Å²) in [7, 11) is 1.70. The zero-order valence-electron chi connectivity index (χ0n) is 9.64. The molecule has 0 aromatic heterocycles. The number of aliphatic imine (C=N–C) groups is 1. The highest BCUT2D eigenvalue weighted by molar-refractivity contribution is 5.81. The molecule has 0 spiro atoms. The molecule has 2 nitrogen and oxygen atoms in total. The molecule has 0 unspecified atom stereocenters. The van der Waals surface area contributed by atoms with E-state index in [2.05, 4.69) is 32.7 Å². The number of methoxy groups -OCH3 is 1. The van der Waals surface area contributed by atoms with Crippen LogP contribution < -0.4 is 0 Å². The average Bonchev–Trinajstić information content (AvgIpc) is 2.12. The van der Waals surface area contributed by atoms with Crippen molar-refractivity contribution in [2.45, 2.75) is 47.3 Å². The Kier molecular flexibility index (Phi) is 5.63. The van der Waals surface area contributed by atoms with Crippen molar-refractivity contribution >= 4 is 5.71 Å². The second kappa shape index (κ2) is 5.92. The minimum absolute atomic E-state index is 0.0926. The normalized spacial score (nSPS) is 14.2. The van der Waals surface area contributed by atoms with Crippen LogP contribution >= 0.6 is 0 Å². The quantitative estimate of drug-likeness (QED) is 0.484.